The van der Waals surface area contributed by atoms with Crippen LogP contribution in [0.1, 0.15) is 0 Å². The Hall–Kier alpha value is -0.920. The maximum atomic E-state index is 10.7. The summed E-state index contributed by atoms with van der Waals surface area (Å²) >= 11 is 7.15. The van der Waals surface area contributed by atoms with Gasteiger partial charge in [0.05, 0.1) is 19.8 Å². The monoisotopic (exact) mass is 467 g/mol. The highest BCUT2D eigenvalue weighted by atomic mass is 79.9. The lowest BCUT2D eigenvalue weighted by atomic mass is 10.2. The Morgan fingerprint density at radius 2 is 1.56 bits per heavy atom. The van der Waals surface area contributed by atoms with Crippen LogP contribution in [-0.2, 0) is 11.3 Å². The number of nitrogens with one attached hydrogen (secondary N) is 1. The number of ether oxygens (including phenoxy) is 1. The van der Waals surface area contributed by atoms with Gasteiger partial charge in [0.1, 0.15) is 25.7 Å². The van der Waals surface area contributed by atoms with E-state index in [0.29, 0.717) is 6.54 Å². The molecule has 1 unspecified atom stereocenters. The van der Waals surface area contributed by atoms with Gasteiger partial charge < -0.3 is 19.3 Å². The number of benzene rings is 2. The molecule has 2 heterocycles. The van der Waals surface area contributed by atoms with E-state index < -0.39 is 0 Å². The van der Waals surface area contributed by atoms with Crippen LogP contribution < -0.4 is 4.90 Å². The zero-order chi connectivity index (χ0) is 17.4. The molecule has 0 radical (unpaired) electrons. The van der Waals surface area contributed by atoms with Crippen LogP contribution in [0.4, 0.5) is 0 Å². The lowest BCUT2D eigenvalue weighted by molar-refractivity contribution is -0.911. The number of halogens is 2. The van der Waals surface area contributed by atoms with Gasteiger partial charge in [-0.3, -0.25) is 0 Å². The lowest BCUT2D eigenvalue weighted by Gasteiger charge is -2.26. The molecular formula is C19H21Br2N2O2+. The smallest absolute Gasteiger partial charge is 0.121 e. The Kier molecular flexibility index (Phi) is 5.15. The molecule has 1 fully saturated rings. The molecule has 0 amide bonds. The first kappa shape index (κ1) is 17.5. The summed E-state index contributed by atoms with van der Waals surface area (Å²) in [6, 6.07) is 12.7. The zero-order valence-corrected chi connectivity index (χ0v) is 17.0. The Labute approximate surface area is 163 Å². The minimum atomic E-state index is -0.376. The van der Waals surface area contributed by atoms with Crippen molar-refractivity contribution in [2.45, 2.75) is 12.6 Å². The van der Waals surface area contributed by atoms with Crippen molar-refractivity contribution in [1.29, 1.82) is 0 Å². The summed E-state index contributed by atoms with van der Waals surface area (Å²) in [6.07, 6.45) is -0.376. The number of hydrogen-bond acceptors (Lipinski definition) is 2. The number of hydrogen-bond donors (Lipinski definition) is 2. The van der Waals surface area contributed by atoms with Gasteiger partial charge in [0.25, 0.3) is 0 Å². The van der Waals surface area contributed by atoms with Crippen LogP contribution in [0.2, 0.25) is 0 Å². The minimum absolute atomic E-state index is 0.376. The van der Waals surface area contributed by atoms with Crippen molar-refractivity contribution >= 4 is 53.7 Å². The molecule has 0 bridgehead atoms. The van der Waals surface area contributed by atoms with Crippen LogP contribution in [0, 0.1) is 0 Å². The van der Waals surface area contributed by atoms with E-state index in [-0.39, 0.29) is 6.10 Å². The number of quaternary nitrogens is 1. The van der Waals surface area contributed by atoms with Crippen LogP contribution in [-0.4, -0.2) is 48.6 Å². The molecule has 4 nitrogen and oxygen atoms in total. The largest absolute Gasteiger partial charge is 0.385 e. The van der Waals surface area contributed by atoms with E-state index in [1.54, 1.807) is 0 Å². The summed E-state index contributed by atoms with van der Waals surface area (Å²) in [6.45, 7) is 4.90. The summed E-state index contributed by atoms with van der Waals surface area (Å²) in [7, 11) is 0. The summed E-state index contributed by atoms with van der Waals surface area (Å²) in [5.41, 5.74) is 2.32. The van der Waals surface area contributed by atoms with E-state index in [4.69, 9.17) is 4.74 Å². The minimum Gasteiger partial charge on any atom is -0.385 e. The van der Waals surface area contributed by atoms with Crippen LogP contribution in [0.25, 0.3) is 21.8 Å². The van der Waals surface area contributed by atoms with Crippen molar-refractivity contribution in [2.24, 2.45) is 0 Å². The second-order valence-corrected chi connectivity index (χ2v) is 8.49. The molecule has 132 valence electrons. The molecular weight excluding hydrogens is 448 g/mol. The summed E-state index contributed by atoms with van der Waals surface area (Å²) in [5, 5.41) is 13.1. The molecule has 0 saturated carbocycles. The van der Waals surface area contributed by atoms with E-state index >= 15 is 0 Å². The molecule has 4 rings (SSSR count). The van der Waals surface area contributed by atoms with Crippen LogP contribution >= 0.6 is 31.9 Å². The van der Waals surface area contributed by atoms with Gasteiger partial charge >= 0.3 is 0 Å². The average Bonchev–Trinajstić information content (AvgIpc) is 2.88. The van der Waals surface area contributed by atoms with Crippen LogP contribution in [0.3, 0.4) is 0 Å². The number of aliphatic hydroxyl groups is 1. The Morgan fingerprint density at radius 3 is 2.12 bits per heavy atom. The van der Waals surface area contributed by atoms with Gasteiger partial charge in [-0.25, -0.2) is 0 Å². The zero-order valence-electron chi connectivity index (χ0n) is 13.8. The van der Waals surface area contributed by atoms with Gasteiger partial charge in [-0.1, -0.05) is 31.9 Å². The Morgan fingerprint density at radius 1 is 1.00 bits per heavy atom. The Balaban J connectivity index is 1.69. The molecule has 2 aromatic carbocycles. The third-order valence-corrected chi connectivity index (χ3v) is 5.89. The number of rotatable bonds is 4. The summed E-state index contributed by atoms with van der Waals surface area (Å²) < 4.78 is 9.79. The molecule has 0 spiro atoms. The first-order valence-electron chi connectivity index (χ1n) is 8.58. The molecule has 3 aromatic rings. The highest BCUT2D eigenvalue weighted by molar-refractivity contribution is 9.10. The first-order chi connectivity index (χ1) is 12.1. The fourth-order valence-corrected chi connectivity index (χ4v) is 4.44. The molecule has 1 saturated heterocycles. The van der Waals surface area contributed by atoms with Gasteiger partial charge in [0, 0.05) is 30.8 Å². The lowest BCUT2D eigenvalue weighted by Crippen LogP contribution is -3.15. The van der Waals surface area contributed by atoms with Crippen molar-refractivity contribution in [3.8, 4) is 0 Å². The molecule has 1 aliphatic rings. The number of morpholine rings is 1. The van der Waals surface area contributed by atoms with E-state index in [9.17, 15) is 5.11 Å². The highest BCUT2D eigenvalue weighted by Crippen LogP contribution is 2.33. The third-order valence-electron chi connectivity index (χ3n) is 4.91. The van der Waals surface area contributed by atoms with Gasteiger partial charge in [0.2, 0.25) is 0 Å². The van der Waals surface area contributed by atoms with E-state index in [0.717, 1.165) is 52.8 Å². The third kappa shape index (κ3) is 3.64. The predicted octanol–water partition coefficient (Wildman–Crippen LogP) is 2.60. The summed E-state index contributed by atoms with van der Waals surface area (Å²) in [5.74, 6) is 0. The topological polar surface area (TPSA) is 38.8 Å². The van der Waals surface area contributed by atoms with Crippen LogP contribution in [0.15, 0.2) is 45.3 Å². The van der Waals surface area contributed by atoms with Gasteiger partial charge in [-0.15, -0.1) is 0 Å². The van der Waals surface area contributed by atoms with Crippen molar-refractivity contribution in [1.82, 2.24) is 4.57 Å². The molecule has 0 aliphatic carbocycles. The maximum absolute atomic E-state index is 10.7. The second kappa shape index (κ2) is 7.37. The summed E-state index contributed by atoms with van der Waals surface area (Å²) in [4.78, 5) is 1.42. The number of aromatic nitrogens is 1. The van der Waals surface area contributed by atoms with Crippen molar-refractivity contribution in [3.63, 3.8) is 0 Å². The molecule has 1 atom stereocenters. The molecule has 25 heavy (non-hydrogen) atoms. The first-order valence-corrected chi connectivity index (χ1v) is 10.2. The SMILES string of the molecule is OC(Cn1c2ccc(Br)cc2c2cc(Br)ccc21)C[NH+]1CCOCC1. The fraction of sp³-hybridized carbons (Fsp3) is 0.368. The quantitative estimate of drug-likeness (QED) is 0.617. The molecule has 1 aromatic heterocycles. The van der Waals surface area contributed by atoms with Gasteiger partial charge in [-0.2, -0.15) is 0 Å². The van der Waals surface area contributed by atoms with Gasteiger partial charge in [-0.05, 0) is 36.4 Å². The number of fused-ring (bicyclic) bond motifs is 3. The maximum Gasteiger partial charge on any atom is 0.121 e. The van der Waals surface area contributed by atoms with Crippen LogP contribution in [0.5, 0.6) is 0 Å². The highest BCUT2D eigenvalue weighted by Gasteiger charge is 2.20. The Bertz CT molecular complexity index is 844. The fourth-order valence-electron chi connectivity index (χ4n) is 3.72. The molecule has 2 N–H and O–H groups in total. The predicted molar refractivity (Wildman–Crippen MR) is 107 cm³/mol. The average molecular weight is 469 g/mol. The van der Waals surface area contributed by atoms with E-state index in [1.165, 1.54) is 15.7 Å². The van der Waals surface area contributed by atoms with Crippen molar-refractivity contribution in [2.75, 3.05) is 32.8 Å². The number of aliphatic hydroxyl groups excluding tert-OH is 1. The standard InChI is InChI=1S/C19H20Br2N2O2/c20-13-1-3-18-16(9-13)17-10-14(21)2-4-19(17)23(18)12-15(24)11-22-5-7-25-8-6-22/h1-4,9-10,15,24H,5-8,11-12H2/p+1. The van der Waals surface area contributed by atoms with Gasteiger partial charge in [0.15, 0.2) is 0 Å². The second-order valence-electron chi connectivity index (χ2n) is 6.65. The normalized spacial score (nSPS) is 17.4. The van der Waals surface area contributed by atoms with Crippen molar-refractivity contribution < 1.29 is 14.7 Å². The number of nitrogens with zero attached hydrogens (tertiary/aromatic N) is 1. The molecule has 6 heteroatoms. The molecule has 1 aliphatic heterocycles. The van der Waals surface area contributed by atoms with Crippen molar-refractivity contribution in [3.05, 3.63) is 45.3 Å². The van der Waals surface area contributed by atoms with E-state index in [1.807, 2.05) is 0 Å². The van der Waals surface area contributed by atoms with E-state index in [2.05, 4.69) is 72.8 Å².